The Balaban J connectivity index is 2.77. The van der Waals surface area contributed by atoms with Crippen molar-refractivity contribution >= 4 is 43.2 Å². The lowest BCUT2D eigenvalue weighted by molar-refractivity contribution is 1.45. The topological polar surface area (TPSA) is 49.9 Å². The summed E-state index contributed by atoms with van der Waals surface area (Å²) in [6.07, 6.45) is 0. The number of benzene rings is 1. The molecule has 0 atom stereocenters. The third kappa shape index (κ3) is 1.44. The van der Waals surface area contributed by atoms with E-state index in [4.69, 9.17) is 11.1 Å². The molecule has 4 heteroatoms. The molecule has 2 nitrogen and oxygen atoms in total. The van der Waals surface area contributed by atoms with Crippen molar-refractivity contribution in [2.24, 2.45) is 5.73 Å². The molecule has 1 aromatic carbocycles. The Kier molecular flexibility index (Phi) is 2.33. The molecule has 0 aliphatic rings. The number of amidine groups is 1. The molecule has 0 saturated carbocycles. The van der Waals surface area contributed by atoms with Gasteiger partial charge in [0, 0.05) is 14.6 Å². The Morgan fingerprint density at radius 3 is 2.86 bits per heavy atom. The van der Waals surface area contributed by atoms with Crippen LogP contribution in [0, 0.1) is 12.3 Å². The molecule has 72 valence electrons. The van der Waals surface area contributed by atoms with Crippen molar-refractivity contribution in [1.29, 1.82) is 5.41 Å². The predicted octanol–water partition coefficient (Wildman–Crippen LogP) is 3.26. The second kappa shape index (κ2) is 3.37. The maximum absolute atomic E-state index is 7.36. The quantitative estimate of drug-likeness (QED) is 0.606. The zero-order chi connectivity index (χ0) is 10.3. The van der Waals surface area contributed by atoms with Gasteiger partial charge >= 0.3 is 0 Å². The van der Waals surface area contributed by atoms with Gasteiger partial charge in [-0.15, -0.1) is 11.3 Å². The maximum atomic E-state index is 7.36. The summed E-state index contributed by atoms with van der Waals surface area (Å²) >= 11 is 5.09. The first-order valence-electron chi connectivity index (χ1n) is 4.12. The molecule has 2 rings (SSSR count). The Morgan fingerprint density at radius 1 is 1.50 bits per heavy atom. The lowest BCUT2D eigenvalue weighted by Crippen LogP contribution is -2.08. The van der Waals surface area contributed by atoms with Crippen LogP contribution < -0.4 is 5.73 Å². The van der Waals surface area contributed by atoms with Crippen molar-refractivity contribution in [3.63, 3.8) is 0 Å². The van der Waals surface area contributed by atoms with Crippen LogP contribution >= 0.6 is 27.3 Å². The van der Waals surface area contributed by atoms with Crippen LogP contribution in [0.3, 0.4) is 0 Å². The lowest BCUT2D eigenvalue weighted by Gasteiger charge is -1.97. The van der Waals surface area contributed by atoms with E-state index in [-0.39, 0.29) is 5.84 Å². The highest BCUT2D eigenvalue weighted by Gasteiger charge is 2.07. The minimum atomic E-state index is 0.135. The van der Waals surface area contributed by atoms with E-state index in [2.05, 4.69) is 35.0 Å². The molecular weight excluding hydrogens is 260 g/mol. The van der Waals surface area contributed by atoms with Gasteiger partial charge in [-0.1, -0.05) is 6.07 Å². The number of nitrogen functional groups attached to an aromatic ring is 1. The second-order valence-corrected chi connectivity index (χ2v) is 5.01. The van der Waals surface area contributed by atoms with Crippen LogP contribution in [-0.2, 0) is 0 Å². The normalized spacial score (nSPS) is 10.7. The van der Waals surface area contributed by atoms with E-state index in [1.807, 2.05) is 6.07 Å². The smallest absolute Gasteiger partial charge is 0.133 e. The molecule has 0 amide bonds. The summed E-state index contributed by atoms with van der Waals surface area (Å²) in [6, 6.07) is 6.08. The maximum Gasteiger partial charge on any atom is 0.133 e. The summed E-state index contributed by atoms with van der Waals surface area (Å²) in [5.74, 6) is 0.135. The number of thiophene rings is 1. The van der Waals surface area contributed by atoms with Gasteiger partial charge in [-0.25, -0.2) is 0 Å². The molecule has 0 fully saturated rings. The molecule has 0 spiro atoms. The predicted molar refractivity (Wildman–Crippen MR) is 65.3 cm³/mol. The van der Waals surface area contributed by atoms with Crippen molar-refractivity contribution in [3.8, 4) is 0 Å². The van der Waals surface area contributed by atoms with Gasteiger partial charge in [0.25, 0.3) is 0 Å². The van der Waals surface area contributed by atoms with Gasteiger partial charge in [0.2, 0.25) is 0 Å². The van der Waals surface area contributed by atoms with Crippen LogP contribution in [0.2, 0.25) is 0 Å². The molecule has 0 saturated heterocycles. The van der Waals surface area contributed by atoms with Gasteiger partial charge in [0.15, 0.2) is 0 Å². The molecule has 14 heavy (non-hydrogen) atoms. The molecule has 3 N–H and O–H groups in total. The standard InChI is InChI=1S/C10H9BrN2S/c1-5-2-3-7-6(9(5)11)4-8(14-7)10(12)13/h2-4H,1H3,(H3,12,13). The van der Waals surface area contributed by atoms with E-state index in [1.54, 1.807) is 11.3 Å². The molecule has 1 heterocycles. The number of halogens is 1. The monoisotopic (exact) mass is 268 g/mol. The SMILES string of the molecule is Cc1ccc2sc(C(=N)N)cc2c1Br. The summed E-state index contributed by atoms with van der Waals surface area (Å²) in [4.78, 5) is 0.825. The molecule has 2 aromatic rings. The van der Waals surface area contributed by atoms with E-state index in [9.17, 15) is 0 Å². The Labute approximate surface area is 94.4 Å². The number of hydrogen-bond acceptors (Lipinski definition) is 2. The van der Waals surface area contributed by atoms with E-state index < -0.39 is 0 Å². The summed E-state index contributed by atoms with van der Waals surface area (Å²) in [6.45, 7) is 2.05. The minimum Gasteiger partial charge on any atom is -0.383 e. The van der Waals surface area contributed by atoms with Crippen LogP contribution in [0.5, 0.6) is 0 Å². The summed E-state index contributed by atoms with van der Waals surface area (Å²) in [7, 11) is 0. The first-order chi connectivity index (χ1) is 6.59. The van der Waals surface area contributed by atoms with Crippen molar-refractivity contribution in [2.45, 2.75) is 6.92 Å². The fourth-order valence-corrected chi connectivity index (χ4v) is 2.84. The second-order valence-electron chi connectivity index (χ2n) is 3.13. The Hall–Kier alpha value is -0.870. The van der Waals surface area contributed by atoms with E-state index in [0.717, 1.165) is 19.4 Å². The fourth-order valence-electron chi connectivity index (χ4n) is 1.32. The first-order valence-corrected chi connectivity index (χ1v) is 5.73. The number of nitrogens with two attached hydrogens (primary N) is 1. The lowest BCUT2D eigenvalue weighted by atomic mass is 10.2. The molecule has 0 aliphatic carbocycles. The number of hydrogen-bond donors (Lipinski definition) is 2. The highest BCUT2D eigenvalue weighted by molar-refractivity contribution is 9.10. The molecule has 1 aromatic heterocycles. The summed E-state index contributed by atoms with van der Waals surface area (Å²) < 4.78 is 2.26. The van der Waals surface area contributed by atoms with E-state index >= 15 is 0 Å². The Bertz CT molecular complexity index is 516. The van der Waals surface area contributed by atoms with Gasteiger partial charge in [-0.05, 0) is 40.5 Å². The Morgan fingerprint density at radius 2 is 2.21 bits per heavy atom. The van der Waals surface area contributed by atoms with E-state index in [1.165, 1.54) is 5.56 Å². The van der Waals surface area contributed by atoms with Crippen LogP contribution in [0.25, 0.3) is 10.1 Å². The average Bonchev–Trinajstić information content (AvgIpc) is 2.56. The highest BCUT2D eigenvalue weighted by Crippen LogP contribution is 2.33. The largest absolute Gasteiger partial charge is 0.383 e. The molecule has 0 bridgehead atoms. The first kappa shape index (κ1) is 9.68. The van der Waals surface area contributed by atoms with Gasteiger partial charge in [0.1, 0.15) is 5.84 Å². The van der Waals surface area contributed by atoms with Crippen LogP contribution in [-0.4, -0.2) is 5.84 Å². The van der Waals surface area contributed by atoms with Crippen molar-refractivity contribution in [3.05, 3.63) is 33.1 Å². The van der Waals surface area contributed by atoms with Gasteiger partial charge in [-0.2, -0.15) is 0 Å². The summed E-state index contributed by atoms with van der Waals surface area (Å²) in [5.41, 5.74) is 6.64. The third-order valence-electron chi connectivity index (χ3n) is 2.09. The highest BCUT2D eigenvalue weighted by atomic mass is 79.9. The van der Waals surface area contributed by atoms with Crippen molar-refractivity contribution in [1.82, 2.24) is 0 Å². The van der Waals surface area contributed by atoms with Gasteiger partial charge in [0.05, 0.1) is 4.88 Å². The van der Waals surface area contributed by atoms with Gasteiger partial charge < -0.3 is 5.73 Å². The van der Waals surface area contributed by atoms with Gasteiger partial charge in [-0.3, -0.25) is 5.41 Å². The molecular formula is C10H9BrN2S. The van der Waals surface area contributed by atoms with Crippen LogP contribution in [0.15, 0.2) is 22.7 Å². The zero-order valence-corrected chi connectivity index (χ0v) is 10.00. The summed E-state index contributed by atoms with van der Waals surface area (Å²) in [5, 5.41) is 8.50. The average molecular weight is 269 g/mol. The number of nitrogens with one attached hydrogen (secondary N) is 1. The van der Waals surface area contributed by atoms with Crippen LogP contribution in [0.4, 0.5) is 0 Å². The van der Waals surface area contributed by atoms with Crippen molar-refractivity contribution < 1.29 is 0 Å². The minimum absolute atomic E-state index is 0.135. The number of aryl methyl sites for hydroxylation is 1. The number of fused-ring (bicyclic) bond motifs is 1. The fraction of sp³-hybridized carbons (Fsp3) is 0.100. The third-order valence-corrected chi connectivity index (χ3v) is 4.28. The molecule has 0 unspecified atom stereocenters. The van der Waals surface area contributed by atoms with Crippen molar-refractivity contribution in [2.75, 3.05) is 0 Å². The zero-order valence-electron chi connectivity index (χ0n) is 7.60. The number of rotatable bonds is 1. The van der Waals surface area contributed by atoms with Crippen LogP contribution in [0.1, 0.15) is 10.4 Å². The molecule has 0 radical (unpaired) electrons. The molecule has 0 aliphatic heterocycles. The van der Waals surface area contributed by atoms with E-state index in [0.29, 0.717) is 0 Å².